The van der Waals surface area contributed by atoms with Gasteiger partial charge in [-0.25, -0.2) is 9.78 Å². The van der Waals surface area contributed by atoms with E-state index in [9.17, 15) is 9.90 Å². The van der Waals surface area contributed by atoms with Crippen molar-refractivity contribution < 1.29 is 24.4 Å². The summed E-state index contributed by atoms with van der Waals surface area (Å²) in [6.45, 7) is 7.39. The van der Waals surface area contributed by atoms with Gasteiger partial charge in [-0.1, -0.05) is 57.2 Å². The number of hydrogen-bond donors (Lipinski definition) is 1. The summed E-state index contributed by atoms with van der Waals surface area (Å²) in [5.74, 6) is 2.94. The van der Waals surface area contributed by atoms with Crippen LogP contribution in [0, 0.1) is 34.0 Å². The molecule has 1 N–H and O–H groups in total. The molecule has 0 bridgehead atoms. The number of para-hydroxylation sites is 1. The highest BCUT2D eigenvalue weighted by Crippen LogP contribution is 2.74. The van der Waals surface area contributed by atoms with Crippen LogP contribution < -0.4 is 4.74 Å². The molecular weight excluding hydrogens is 524 g/mol. The summed E-state index contributed by atoms with van der Waals surface area (Å²) in [6.07, 6.45) is 8.74. The number of ether oxygens (including phenoxy) is 1. The Labute approximate surface area is 250 Å². The molecule has 5 aliphatic carbocycles. The van der Waals surface area contributed by atoms with Gasteiger partial charge in [0.05, 0.1) is 19.3 Å². The third-order valence-electron chi connectivity index (χ3n) is 13.2. The van der Waals surface area contributed by atoms with Crippen molar-refractivity contribution in [3.8, 4) is 16.9 Å². The van der Waals surface area contributed by atoms with Crippen LogP contribution in [0.2, 0.25) is 0 Å². The average molecular weight is 571 g/mol. The van der Waals surface area contributed by atoms with Gasteiger partial charge in [0, 0.05) is 29.2 Å². The minimum Gasteiger partial charge on any atom is -0.496 e. The summed E-state index contributed by atoms with van der Waals surface area (Å²) in [5.41, 5.74) is 3.31. The van der Waals surface area contributed by atoms with E-state index in [4.69, 9.17) is 14.5 Å². The third-order valence-corrected chi connectivity index (χ3v) is 13.2. The molecule has 5 fully saturated rings. The van der Waals surface area contributed by atoms with Crippen molar-refractivity contribution in [1.82, 2.24) is 0 Å². The molecule has 0 amide bonds. The van der Waals surface area contributed by atoms with E-state index < -0.39 is 11.2 Å². The van der Waals surface area contributed by atoms with Gasteiger partial charge in [0.2, 0.25) is 0 Å². The van der Waals surface area contributed by atoms with Gasteiger partial charge < -0.3 is 9.84 Å². The molecule has 5 heteroatoms. The number of aliphatic hydroxyl groups is 1. The highest BCUT2D eigenvalue weighted by atomic mass is 17.2. The molecule has 2 aromatic rings. The molecule has 0 radical (unpaired) electrons. The molecule has 1 heterocycles. The first-order valence-electron chi connectivity index (χ1n) is 16.3. The molecule has 1 saturated heterocycles. The molecule has 5 nitrogen and oxygen atoms in total. The van der Waals surface area contributed by atoms with Gasteiger partial charge in [-0.2, -0.15) is 0 Å². The fraction of sp³-hybridized carbons (Fsp3) is 0.649. The molecule has 1 aliphatic heterocycles. The summed E-state index contributed by atoms with van der Waals surface area (Å²) in [5, 5.41) is 13.0. The highest BCUT2D eigenvalue weighted by molar-refractivity contribution is 5.87. The van der Waals surface area contributed by atoms with Gasteiger partial charge in [0.25, 0.3) is 0 Å². The van der Waals surface area contributed by atoms with Crippen LogP contribution in [0.5, 0.6) is 5.75 Å². The predicted molar refractivity (Wildman–Crippen MR) is 161 cm³/mol. The monoisotopic (exact) mass is 570 g/mol. The zero-order chi connectivity index (χ0) is 29.1. The highest BCUT2D eigenvalue weighted by Gasteiger charge is 2.72. The maximum absolute atomic E-state index is 13.5. The van der Waals surface area contributed by atoms with Crippen LogP contribution in [0.25, 0.3) is 11.1 Å². The number of rotatable bonds is 2. The van der Waals surface area contributed by atoms with E-state index in [1.807, 2.05) is 12.1 Å². The van der Waals surface area contributed by atoms with E-state index in [2.05, 4.69) is 51.1 Å². The lowest BCUT2D eigenvalue weighted by Gasteiger charge is -2.70. The van der Waals surface area contributed by atoms with Crippen LogP contribution in [0.15, 0.2) is 42.5 Å². The summed E-state index contributed by atoms with van der Waals surface area (Å²) >= 11 is 0. The van der Waals surface area contributed by atoms with E-state index in [-0.39, 0.29) is 22.2 Å². The third kappa shape index (κ3) is 3.62. The normalized spacial score (nSPS) is 43.2. The average Bonchev–Trinajstić information content (AvgIpc) is 3.26. The molecule has 1 unspecified atom stereocenters. The first kappa shape index (κ1) is 27.3. The van der Waals surface area contributed by atoms with Crippen LogP contribution in [0.3, 0.4) is 0 Å². The smallest absolute Gasteiger partial charge is 0.139 e. The van der Waals surface area contributed by atoms with E-state index in [0.717, 1.165) is 74.7 Å². The van der Waals surface area contributed by atoms with Crippen molar-refractivity contribution in [2.24, 2.45) is 34.0 Å². The topological polar surface area (TPSA) is 65.0 Å². The number of fused-ring (bicyclic) bond motifs is 4. The minimum atomic E-state index is -0.823. The van der Waals surface area contributed by atoms with Crippen molar-refractivity contribution in [1.29, 1.82) is 0 Å². The van der Waals surface area contributed by atoms with E-state index in [1.54, 1.807) is 7.11 Å². The maximum Gasteiger partial charge on any atom is 0.139 e. The largest absolute Gasteiger partial charge is 0.496 e. The fourth-order valence-electron chi connectivity index (χ4n) is 11.7. The Hall–Kier alpha value is -2.21. The second-order valence-electron chi connectivity index (χ2n) is 16.0. The van der Waals surface area contributed by atoms with Crippen molar-refractivity contribution in [2.75, 3.05) is 13.7 Å². The van der Waals surface area contributed by atoms with Gasteiger partial charge in [0.1, 0.15) is 17.1 Å². The number of carbonyl (C=O) groups excluding carboxylic acids is 1. The number of hydrogen-bond acceptors (Lipinski definition) is 5. The lowest BCUT2D eigenvalue weighted by atomic mass is 9.36. The van der Waals surface area contributed by atoms with Gasteiger partial charge >= 0.3 is 0 Å². The number of carbonyl (C=O) groups is 1. The van der Waals surface area contributed by atoms with Crippen LogP contribution in [-0.2, 0) is 21.0 Å². The van der Waals surface area contributed by atoms with Gasteiger partial charge in [-0.3, -0.25) is 4.79 Å². The molecule has 0 aromatic heterocycles. The van der Waals surface area contributed by atoms with Crippen molar-refractivity contribution >= 4 is 5.78 Å². The second kappa shape index (κ2) is 8.92. The molecule has 4 saturated carbocycles. The lowest BCUT2D eigenvalue weighted by molar-refractivity contribution is -0.425. The van der Waals surface area contributed by atoms with E-state index in [0.29, 0.717) is 36.6 Å². The molecule has 6 aliphatic rings. The predicted octanol–water partition coefficient (Wildman–Crippen LogP) is 7.44. The summed E-state index contributed by atoms with van der Waals surface area (Å²) in [4.78, 5) is 25.5. The number of Topliss-reactive ketones (excluding diaryl/α,β-unsaturated/α-hetero) is 1. The fourth-order valence-corrected chi connectivity index (χ4v) is 11.7. The van der Waals surface area contributed by atoms with Crippen LogP contribution >= 0.6 is 0 Å². The minimum absolute atomic E-state index is 0.0263. The molecule has 42 heavy (non-hydrogen) atoms. The summed E-state index contributed by atoms with van der Waals surface area (Å²) < 4.78 is 5.75. The maximum atomic E-state index is 13.5. The zero-order valence-electron chi connectivity index (χ0n) is 25.7. The summed E-state index contributed by atoms with van der Waals surface area (Å²) in [6, 6.07) is 15.2. The quantitative estimate of drug-likeness (QED) is 0.380. The van der Waals surface area contributed by atoms with Crippen LogP contribution in [0.1, 0.15) is 95.6 Å². The van der Waals surface area contributed by atoms with Crippen molar-refractivity contribution in [3.05, 3.63) is 53.6 Å². The second-order valence-corrected chi connectivity index (χ2v) is 16.0. The Morgan fingerprint density at radius 1 is 1.00 bits per heavy atom. The molecule has 8 rings (SSSR count). The molecular formula is C37H46O5. The Morgan fingerprint density at radius 3 is 2.64 bits per heavy atom. The van der Waals surface area contributed by atoms with Gasteiger partial charge in [0.15, 0.2) is 0 Å². The Kier molecular flexibility index (Phi) is 5.81. The van der Waals surface area contributed by atoms with Gasteiger partial charge in [-0.05, 0) is 103 Å². The molecule has 224 valence electrons. The van der Waals surface area contributed by atoms with Crippen molar-refractivity contribution in [2.45, 2.75) is 102 Å². The number of methoxy groups -OCH3 is 1. The molecule has 2 spiro atoms. The Balaban J connectivity index is 1.27. The molecule has 8 atom stereocenters. The number of benzene rings is 2. The summed E-state index contributed by atoms with van der Waals surface area (Å²) in [7, 11) is 1.73. The van der Waals surface area contributed by atoms with E-state index in [1.165, 1.54) is 11.1 Å². The Bertz CT molecular complexity index is 1450. The number of ketones is 1. The lowest BCUT2D eigenvalue weighted by Crippen LogP contribution is -2.70. The first-order chi connectivity index (χ1) is 20.0. The van der Waals surface area contributed by atoms with Crippen molar-refractivity contribution in [3.63, 3.8) is 0 Å². The molecule has 2 aromatic carbocycles. The van der Waals surface area contributed by atoms with E-state index >= 15 is 0 Å². The Morgan fingerprint density at radius 2 is 1.83 bits per heavy atom. The van der Waals surface area contributed by atoms with Crippen LogP contribution in [-0.4, -0.2) is 35.8 Å². The standard InChI is InChI=1S/C37H46O5/c1-33(2)20-35(42-41-22-33)15-16-36-18-24-17-23(26-7-5-6-8-30(26)40-4)9-10-25(24)28-19-34(3)29(11-12-31(34)38)27(32(28)36)13-14-37(36,39)21-35/h5-10,17,27-29,32,39H,11-16,18-22H2,1-4H3/t27-,28+,29-,32+,34-,35?,36-,37+/m0/s1. The zero-order valence-corrected chi connectivity index (χ0v) is 25.7. The van der Waals surface area contributed by atoms with Gasteiger partial charge in [-0.15, -0.1) is 0 Å². The SMILES string of the molecule is COc1ccccc1-c1ccc2c(c1)C[C@]13CCC4(CC(C)(C)COO4)C[C@]1(O)CC[C@@H]1[C@@H]3[C@@H]2C[C@]2(C)C(=O)CC[C@@H]12. The first-order valence-corrected chi connectivity index (χ1v) is 16.3. The van der Waals surface area contributed by atoms with Crippen LogP contribution in [0.4, 0.5) is 0 Å².